The number of nitrogens with two attached hydrogens (primary N) is 1. The van der Waals surface area contributed by atoms with Gasteiger partial charge >= 0.3 is 0 Å². The molecule has 1 aromatic rings. The summed E-state index contributed by atoms with van der Waals surface area (Å²) in [5, 5.41) is 2.76. The molecule has 0 unspecified atom stereocenters. The van der Waals surface area contributed by atoms with E-state index in [1.54, 1.807) is 0 Å². The Morgan fingerprint density at radius 3 is 2.52 bits per heavy atom. The number of hydrogen-bond donors (Lipinski definition) is 2. The minimum absolute atomic E-state index is 0.0761. The average molecular weight is 289 g/mol. The van der Waals surface area contributed by atoms with Gasteiger partial charge in [-0.2, -0.15) is 0 Å². The summed E-state index contributed by atoms with van der Waals surface area (Å²) < 4.78 is 0. The maximum atomic E-state index is 11.8. The number of hydrogen-bond acceptors (Lipinski definition) is 4. The molecule has 0 bridgehead atoms. The van der Waals surface area contributed by atoms with Crippen LogP contribution >= 0.6 is 0 Å². The van der Waals surface area contributed by atoms with Crippen LogP contribution in [0.2, 0.25) is 0 Å². The molecule has 1 aliphatic rings. The molecular weight excluding hydrogens is 266 g/mol. The van der Waals surface area contributed by atoms with Gasteiger partial charge in [0.25, 0.3) is 5.91 Å². The topological polar surface area (TPSA) is 75.4 Å². The summed E-state index contributed by atoms with van der Waals surface area (Å²) in [5.74, 6) is 0.446. The van der Waals surface area contributed by atoms with Crippen LogP contribution in [0.15, 0.2) is 24.3 Å². The van der Waals surface area contributed by atoms with Crippen molar-refractivity contribution in [1.29, 1.82) is 0 Å². The number of nitrogens with zero attached hydrogens (tertiary/aromatic N) is 1. The third-order valence-corrected chi connectivity index (χ3v) is 3.99. The van der Waals surface area contributed by atoms with Crippen LogP contribution in [0.3, 0.4) is 0 Å². The van der Waals surface area contributed by atoms with E-state index in [1.807, 2.05) is 24.3 Å². The molecule has 1 aromatic carbocycles. The summed E-state index contributed by atoms with van der Waals surface area (Å²) in [6, 6.07) is 7.83. The van der Waals surface area contributed by atoms with Crippen molar-refractivity contribution in [2.24, 2.45) is 5.73 Å². The van der Waals surface area contributed by atoms with Gasteiger partial charge in [0.05, 0.1) is 6.54 Å². The van der Waals surface area contributed by atoms with Gasteiger partial charge in [-0.15, -0.1) is 0 Å². The lowest BCUT2D eigenvalue weighted by atomic mass is 9.89. The Hall–Kier alpha value is -1.72. The smallest absolute Gasteiger partial charge is 0.251 e. The number of carbonyl (C=O) groups excluding carboxylic acids is 2. The highest BCUT2D eigenvalue weighted by Gasteiger charge is 2.20. The first kappa shape index (κ1) is 15.7. The summed E-state index contributed by atoms with van der Waals surface area (Å²) in [6.45, 7) is 3.40. The second-order valence-electron chi connectivity index (χ2n) is 5.41. The van der Waals surface area contributed by atoms with E-state index in [-0.39, 0.29) is 5.91 Å². The van der Waals surface area contributed by atoms with Crippen LogP contribution in [-0.2, 0) is 4.79 Å². The van der Waals surface area contributed by atoms with Gasteiger partial charge in [0.15, 0.2) is 0 Å². The number of amides is 1. The number of piperidine rings is 1. The molecule has 0 saturated carbocycles. The quantitative estimate of drug-likeness (QED) is 0.758. The van der Waals surface area contributed by atoms with Crippen LogP contribution in [0.1, 0.15) is 34.7 Å². The minimum Gasteiger partial charge on any atom is -0.351 e. The molecule has 0 aromatic heterocycles. The highest BCUT2D eigenvalue weighted by Crippen LogP contribution is 2.27. The van der Waals surface area contributed by atoms with E-state index in [2.05, 4.69) is 10.2 Å². The molecule has 1 aliphatic heterocycles. The lowest BCUT2D eigenvalue weighted by molar-refractivity contribution is -0.109. The van der Waals surface area contributed by atoms with E-state index in [1.165, 1.54) is 5.56 Å². The van der Waals surface area contributed by atoms with Crippen LogP contribution in [0, 0.1) is 0 Å². The van der Waals surface area contributed by atoms with Gasteiger partial charge < -0.3 is 15.8 Å². The monoisotopic (exact) mass is 289 g/mol. The first-order valence-corrected chi connectivity index (χ1v) is 7.49. The molecule has 1 saturated heterocycles. The zero-order valence-corrected chi connectivity index (χ0v) is 12.3. The van der Waals surface area contributed by atoms with Gasteiger partial charge in [-0.05, 0) is 49.5 Å². The molecule has 3 N–H and O–H groups in total. The van der Waals surface area contributed by atoms with E-state index < -0.39 is 0 Å². The number of aldehydes is 1. The fourth-order valence-electron chi connectivity index (χ4n) is 2.75. The van der Waals surface area contributed by atoms with Crippen molar-refractivity contribution in [1.82, 2.24) is 10.2 Å². The van der Waals surface area contributed by atoms with Gasteiger partial charge in [-0.1, -0.05) is 12.1 Å². The molecule has 5 heteroatoms. The highest BCUT2D eigenvalue weighted by atomic mass is 16.1. The molecule has 21 heavy (non-hydrogen) atoms. The van der Waals surface area contributed by atoms with Gasteiger partial charge in [0.2, 0.25) is 0 Å². The lowest BCUT2D eigenvalue weighted by Crippen LogP contribution is -2.34. The molecule has 5 nitrogen and oxygen atoms in total. The summed E-state index contributed by atoms with van der Waals surface area (Å²) in [4.78, 5) is 24.5. The van der Waals surface area contributed by atoms with Crippen molar-refractivity contribution in [2.45, 2.75) is 18.8 Å². The molecule has 0 radical (unpaired) electrons. The summed E-state index contributed by atoms with van der Waals surface area (Å²) >= 11 is 0. The number of rotatable bonds is 6. The molecule has 2 rings (SSSR count). The van der Waals surface area contributed by atoms with Crippen molar-refractivity contribution in [2.75, 3.05) is 32.7 Å². The number of carbonyl (C=O) groups is 2. The number of likely N-dealkylation sites (tertiary alicyclic amines) is 1. The van der Waals surface area contributed by atoms with E-state index in [0.717, 1.165) is 32.2 Å². The number of nitrogens with one attached hydrogen (secondary N) is 1. The SMILES string of the molecule is NCCNC(=O)c1ccc(C2CCN(CC=O)CC2)cc1. The first-order chi connectivity index (χ1) is 10.2. The predicted molar refractivity (Wildman–Crippen MR) is 82.3 cm³/mol. The zero-order chi connectivity index (χ0) is 15.1. The van der Waals surface area contributed by atoms with E-state index >= 15 is 0 Å². The lowest BCUT2D eigenvalue weighted by Gasteiger charge is -2.30. The van der Waals surface area contributed by atoms with Gasteiger partial charge in [0.1, 0.15) is 6.29 Å². The summed E-state index contributed by atoms with van der Waals surface area (Å²) in [6.07, 6.45) is 3.09. The van der Waals surface area contributed by atoms with E-state index in [4.69, 9.17) is 5.73 Å². The summed E-state index contributed by atoms with van der Waals surface area (Å²) in [7, 11) is 0. The third kappa shape index (κ3) is 4.37. The Morgan fingerprint density at radius 1 is 1.29 bits per heavy atom. The molecule has 114 valence electrons. The van der Waals surface area contributed by atoms with Crippen molar-refractivity contribution >= 4 is 12.2 Å². The molecule has 0 aliphatic carbocycles. The zero-order valence-electron chi connectivity index (χ0n) is 12.3. The Bertz CT molecular complexity index is 465. The van der Waals surface area contributed by atoms with Gasteiger partial charge in [0, 0.05) is 18.7 Å². The fraction of sp³-hybridized carbons (Fsp3) is 0.500. The first-order valence-electron chi connectivity index (χ1n) is 7.49. The molecular formula is C16H23N3O2. The molecule has 1 heterocycles. The largest absolute Gasteiger partial charge is 0.351 e. The maximum Gasteiger partial charge on any atom is 0.251 e. The average Bonchev–Trinajstić information content (AvgIpc) is 2.54. The Labute approximate surface area is 125 Å². The van der Waals surface area contributed by atoms with E-state index in [0.29, 0.717) is 31.1 Å². The Balaban J connectivity index is 1.90. The highest BCUT2D eigenvalue weighted by molar-refractivity contribution is 5.94. The van der Waals surface area contributed by atoms with Crippen LogP contribution < -0.4 is 11.1 Å². The fourth-order valence-corrected chi connectivity index (χ4v) is 2.75. The molecule has 0 spiro atoms. The molecule has 1 fully saturated rings. The predicted octanol–water partition coefficient (Wildman–Crippen LogP) is 0.753. The molecule has 0 atom stereocenters. The number of benzene rings is 1. The van der Waals surface area contributed by atoms with Gasteiger partial charge in [-0.25, -0.2) is 0 Å². The van der Waals surface area contributed by atoms with Crippen LogP contribution in [0.25, 0.3) is 0 Å². The van der Waals surface area contributed by atoms with Crippen molar-refractivity contribution < 1.29 is 9.59 Å². The van der Waals surface area contributed by atoms with Crippen molar-refractivity contribution in [3.05, 3.63) is 35.4 Å². The third-order valence-electron chi connectivity index (χ3n) is 3.99. The second-order valence-corrected chi connectivity index (χ2v) is 5.41. The van der Waals surface area contributed by atoms with Crippen molar-refractivity contribution in [3.8, 4) is 0 Å². The van der Waals surface area contributed by atoms with Gasteiger partial charge in [-0.3, -0.25) is 9.69 Å². The standard InChI is InChI=1S/C16H23N3O2/c17-7-8-18-16(21)15-3-1-13(2-4-15)14-5-9-19(10-6-14)11-12-20/h1-4,12,14H,5-11,17H2,(H,18,21). The van der Waals surface area contributed by atoms with Crippen molar-refractivity contribution in [3.63, 3.8) is 0 Å². The second kappa shape index (κ2) is 7.90. The van der Waals surface area contributed by atoms with E-state index in [9.17, 15) is 9.59 Å². The molecule has 1 amide bonds. The normalized spacial score (nSPS) is 16.6. The Kier molecular flexibility index (Phi) is 5.90. The Morgan fingerprint density at radius 2 is 1.95 bits per heavy atom. The van der Waals surface area contributed by atoms with Crippen LogP contribution in [-0.4, -0.2) is 49.8 Å². The van der Waals surface area contributed by atoms with Crippen LogP contribution in [0.5, 0.6) is 0 Å². The maximum absolute atomic E-state index is 11.8. The summed E-state index contributed by atoms with van der Waals surface area (Å²) in [5.41, 5.74) is 7.31. The minimum atomic E-state index is -0.0761. The van der Waals surface area contributed by atoms with Crippen LogP contribution in [0.4, 0.5) is 0 Å².